The zero-order valence-electron chi connectivity index (χ0n) is 16.1. The number of nitrogens with one attached hydrogen (secondary N) is 2. The summed E-state index contributed by atoms with van der Waals surface area (Å²) in [6.45, 7) is 0. The summed E-state index contributed by atoms with van der Waals surface area (Å²) >= 11 is 0. The van der Waals surface area contributed by atoms with Gasteiger partial charge in [0, 0.05) is 12.6 Å². The van der Waals surface area contributed by atoms with Crippen LogP contribution in [0.15, 0.2) is 47.3 Å². The van der Waals surface area contributed by atoms with E-state index >= 15 is 0 Å². The fourth-order valence-electron chi connectivity index (χ4n) is 4.21. The van der Waals surface area contributed by atoms with Gasteiger partial charge in [0.25, 0.3) is 5.91 Å². The van der Waals surface area contributed by atoms with Crippen molar-refractivity contribution >= 4 is 22.9 Å². The molecule has 1 amide bonds. The molecule has 2 unspecified atom stereocenters. The number of hydrogen-bond acceptors (Lipinski definition) is 3. The van der Waals surface area contributed by atoms with E-state index in [0.29, 0.717) is 23.0 Å². The Kier molecular flexibility index (Phi) is 4.96. The fraction of sp³-hybridized carbons (Fsp3) is 0.318. The highest BCUT2D eigenvalue weighted by molar-refractivity contribution is 5.99. The van der Waals surface area contributed by atoms with E-state index in [2.05, 4.69) is 22.4 Å². The molecule has 7 heteroatoms. The zero-order chi connectivity index (χ0) is 20.5. The molecule has 0 saturated carbocycles. The number of aryl methyl sites for hydroxylation is 2. The molecule has 2 aromatic carbocycles. The Morgan fingerprint density at radius 1 is 1.28 bits per heavy atom. The quantitative estimate of drug-likeness (QED) is 0.620. The van der Waals surface area contributed by atoms with Gasteiger partial charge in [0.15, 0.2) is 0 Å². The average Bonchev–Trinajstić information content (AvgIpc) is 3.01. The van der Waals surface area contributed by atoms with E-state index in [0.717, 1.165) is 19.3 Å². The molecule has 2 atom stereocenters. The molecule has 1 aliphatic rings. The number of benzene rings is 2. The van der Waals surface area contributed by atoms with E-state index in [-0.39, 0.29) is 11.6 Å². The smallest absolute Gasteiger partial charge is 0.326 e. The number of carboxylic acid groups (broad SMARTS) is 1. The minimum absolute atomic E-state index is 0.106. The summed E-state index contributed by atoms with van der Waals surface area (Å²) in [5.74, 6) is -1.40. The molecule has 7 nitrogen and oxygen atoms in total. The van der Waals surface area contributed by atoms with E-state index in [4.69, 9.17) is 0 Å². The van der Waals surface area contributed by atoms with Gasteiger partial charge >= 0.3 is 11.7 Å². The van der Waals surface area contributed by atoms with Crippen LogP contribution >= 0.6 is 0 Å². The first-order valence-electron chi connectivity index (χ1n) is 9.74. The van der Waals surface area contributed by atoms with Crippen molar-refractivity contribution in [2.24, 2.45) is 7.05 Å². The normalized spacial score (nSPS) is 16.9. The van der Waals surface area contributed by atoms with Crippen molar-refractivity contribution in [3.63, 3.8) is 0 Å². The monoisotopic (exact) mass is 393 g/mol. The number of amides is 1. The first kappa shape index (κ1) is 19.0. The van der Waals surface area contributed by atoms with Crippen LogP contribution in [-0.2, 0) is 18.3 Å². The van der Waals surface area contributed by atoms with Crippen LogP contribution in [0.5, 0.6) is 0 Å². The Labute approximate surface area is 167 Å². The van der Waals surface area contributed by atoms with E-state index in [1.54, 1.807) is 25.2 Å². The summed E-state index contributed by atoms with van der Waals surface area (Å²) in [6, 6.07) is 12.0. The summed E-state index contributed by atoms with van der Waals surface area (Å²) in [5, 5.41) is 12.4. The van der Waals surface area contributed by atoms with Gasteiger partial charge in [-0.1, -0.05) is 24.3 Å². The molecule has 0 fully saturated rings. The van der Waals surface area contributed by atoms with Crippen molar-refractivity contribution in [3.8, 4) is 0 Å². The largest absolute Gasteiger partial charge is 0.480 e. The number of aromatic amines is 1. The molecule has 0 radical (unpaired) electrons. The van der Waals surface area contributed by atoms with Gasteiger partial charge < -0.3 is 15.4 Å². The lowest BCUT2D eigenvalue weighted by Gasteiger charge is -2.28. The molecule has 0 saturated heterocycles. The average molecular weight is 393 g/mol. The maximum absolute atomic E-state index is 12.7. The number of hydrogen-bond donors (Lipinski definition) is 3. The van der Waals surface area contributed by atoms with Gasteiger partial charge in [0.05, 0.1) is 11.0 Å². The van der Waals surface area contributed by atoms with Gasteiger partial charge in [0.1, 0.15) is 6.04 Å². The van der Waals surface area contributed by atoms with Gasteiger partial charge in [-0.15, -0.1) is 0 Å². The first-order chi connectivity index (χ1) is 13.9. The molecule has 1 aliphatic carbocycles. The van der Waals surface area contributed by atoms with E-state index < -0.39 is 17.9 Å². The molecule has 3 N–H and O–H groups in total. The van der Waals surface area contributed by atoms with Crippen molar-refractivity contribution in [3.05, 3.63) is 69.6 Å². The molecule has 1 aromatic heterocycles. The predicted octanol–water partition coefficient (Wildman–Crippen LogP) is 2.56. The highest BCUT2D eigenvalue weighted by atomic mass is 16.4. The van der Waals surface area contributed by atoms with Crippen LogP contribution in [0.1, 0.15) is 46.7 Å². The van der Waals surface area contributed by atoms with Gasteiger partial charge in [-0.05, 0) is 60.9 Å². The Morgan fingerprint density at radius 2 is 2.07 bits per heavy atom. The SMILES string of the molecule is Cn1c(=O)[nH]c2ccc(C(=O)NC(CC3CCCc4ccccc43)C(=O)O)cc21. The lowest BCUT2D eigenvalue weighted by Crippen LogP contribution is -2.42. The molecule has 0 spiro atoms. The predicted molar refractivity (Wildman–Crippen MR) is 109 cm³/mol. The first-order valence-corrected chi connectivity index (χ1v) is 9.74. The number of aromatic nitrogens is 2. The highest BCUT2D eigenvalue weighted by Crippen LogP contribution is 2.34. The third-order valence-electron chi connectivity index (χ3n) is 5.78. The van der Waals surface area contributed by atoms with Gasteiger partial charge in [-0.25, -0.2) is 9.59 Å². The van der Waals surface area contributed by atoms with Crippen LogP contribution in [0.2, 0.25) is 0 Å². The molecule has 29 heavy (non-hydrogen) atoms. The topological polar surface area (TPSA) is 104 Å². The highest BCUT2D eigenvalue weighted by Gasteiger charge is 2.28. The summed E-state index contributed by atoms with van der Waals surface area (Å²) in [6.07, 6.45) is 3.28. The van der Waals surface area contributed by atoms with E-state index in [1.165, 1.54) is 15.7 Å². The third-order valence-corrected chi connectivity index (χ3v) is 5.78. The maximum Gasteiger partial charge on any atom is 0.326 e. The number of H-pyrrole nitrogens is 1. The summed E-state index contributed by atoms with van der Waals surface area (Å²) in [4.78, 5) is 39.0. The molecule has 0 aliphatic heterocycles. The number of imidazole rings is 1. The standard InChI is InChI=1S/C22H23N3O4/c1-25-19-12-15(9-10-17(19)24-22(25)29)20(26)23-18(21(27)28)11-14-7-4-6-13-5-2-3-8-16(13)14/h2-3,5,8-10,12,14,18H,4,6-7,11H2,1H3,(H,23,26)(H,24,29)(H,27,28). The van der Waals surface area contributed by atoms with Crippen molar-refractivity contribution in [2.75, 3.05) is 0 Å². The van der Waals surface area contributed by atoms with Crippen molar-refractivity contribution < 1.29 is 14.7 Å². The number of carbonyl (C=O) groups excluding carboxylic acids is 1. The van der Waals surface area contributed by atoms with Gasteiger partial charge in [0.2, 0.25) is 0 Å². The number of rotatable bonds is 5. The fourth-order valence-corrected chi connectivity index (χ4v) is 4.21. The molecular formula is C22H23N3O4. The summed E-state index contributed by atoms with van der Waals surface area (Å²) in [7, 11) is 1.61. The van der Waals surface area contributed by atoms with Gasteiger partial charge in [-0.3, -0.25) is 9.36 Å². The second-order valence-corrected chi connectivity index (χ2v) is 7.61. The third kappa shape index (κ3) is 3.68. The number of carbonyl (C=O) groups is 2. The van der Waals surface area contributed by atoms with E-state index in [9.17, 15) is 19.5 Å². The summed E-state index contributed by atoms with van der Waals surface area (Å²) in [5.41, 5.74) is 3.72. The van der Waals surface area contributed by atoms with E-state index in [1.807, 2.05) is 12.1 Å². The molecule has 4 rings (SSSR count). The lowest BCUT2D eigenvalue weighted by atomic mass is 9.79. The molecule has 150 valence electrons. The summed E-state index contributed by atoms with van der Waals surface area (Å²) < 4.78 is 1.42. The lowest BCUT2D eigenvalue weighted by molar-refractivity contribution is -0.139. The maximum atomic E-state index is 12.7. The number of carboxylic acids is 1. The Balaban J connectivity index is 1.55. The van der Waals surface area contributed by atoms with Crippen LogP contribution < -0.4 is 11.0 Å². The second-order valence-electron chi connectivity index (χ2n) is 7.61. The zero-order valence-corrected chi connectivity index (χ0v) is 16.1. The number of nitrogens with zero attached hydrogens (tertiary/aromatic N) is 1. The molecule has 0 bridgehead atoms. The van der Waals surface area contributed by atoms with Crippen LogP contribution in [-0.4, -0.2) is 32.6 Å². The van der Waals surface area contributed by atoms with Crippen LogP contribution in [0.25, 0.3) is 11.0 Å². The number of fused-ring (bicyclic) bond motifs is 2. The van der Waals surface area contributed by atoms with Crippen LogP contribution in [0.4, 0.5) is 0 Å². The molecular weight excluding hydrogens is 370 g/mol. The Hall–Kier alpha value is -3.35. The van der Waals surface area contributed by atoms with Crippen molar-refractivity contribution in [1.82, 2.24) is 14.9 Å². The minimum Gasteiger partial charge on any atom is -0.480 e. The molecule has 1 heterocycles. The van der Waals surface area contributed by atoms with Crippen LogP contribution in [0, 0.1) is 0 Å². The molecule has 3 aromatic rings. The number of aliphatic carboxylic acids is 1. The Morgan fingerprint density at radius 3 is 2.86 bits per heavy atom. The Bertz CT molecular complexity index is 1140. The minimum atomic E-state index is -1.04. The van der Waals surface area contributed by atoms with Gasteiger partial charge in [-0.2, -0.15) is 0 Å². The van der Waals surface area contributed by atoms with Crippen molar-refractivity contribution in [2.45, 2.75) is 37.6 Å². The van der Waals surface area contributed by atoms with Crippen molar-refractivity contribution in [1.29, 1.82) is 0 Å². The van der Waals surface area contributed by atoms with Crippen LogP contribution in [0.3, 0.4) is 0 Å². The second kappa shape index (κ2) is 7.58.